The maximum Gasteiger partial charge on any atom is 0.315 e. The Hall–Kier alpha value is -2.82. The van der Waals surface area contributed by atoms with E-state index in [0.717, 1.165) is 16.7 Å². The van der Waals surface area contributed by atoms with E-state index in [-0.39, 0.29) is 12.5 Å². The van der Waals surface area contributed by atoms with Crippen LogP contribution in [0.4, 0.5) is 4.79 Å². The van der Waals surface area contributed by atoms with Crippen molar-refractivity contribution >= 4 is 12.0 Å². The van der Waals surface area contributed by atoms with Crippen molar-refractivity contribution in [3.05, 3.63) is 59.7 Å². The number of aryl methyl sites for hydroxylation is 1. The Kier molecular flexibility index (Phi) is 6.37. The van der Waals surface area contributed by atoms with Gasteiger partial charge in [0.15, 0.2) is 0 Å². The summed E-state index contributed by atoms with van der Waals surface area (Å²) in [7, 11) is 0. The van der Waals surface area contributed by atoms with E-state index in [9.17, 15) is 9.59 Å². The maximum absolute atomic E-state index is 11.7. The number of carbonyl (C=O) groups excluding carboxylic acids is 1. The lowest BCUT2D eigenvalue weighted by Crippen LogP contribution is -2.35. The highest BCUT2D eigenvalue weighted by Gasteiger charge is 2.03. The molecule has 0 aliphatic rings. The predicted molar refractivity (Wildman–Crippen MR) is 93.7 cm³/mol. The lowest BCUT2D eigenvalue weighted by atomic mass is 10.0. The Labute approximate surface area is 141 Å². The summed E-state index contributed by atoms with van der Waals surface area (Å²) in [5.41, 5.74) is 4.47. The van der Waals surface area contributed by atoms with Crippen LogP contribution in [-0.2, 0) is 11.3 Å². The first-order valence-electron chi connectivity index (χ1n) is 7.94. The first kappa shape index (κ1) is 17.5. The fourth-order valence-corrected chi connectivity index (χ4v) is 2.37. The Morgan fingerprint density at radius 3 is 2.42 bits per heavy atom. The molecule has 126 valence electrons. The van der Waals surface area contributed by atoms with Crippen LogP contribution >= 0.6 is 0 Å². The first-order chi connectivity index (χ1) is 11.5. The van der Waals surface area contributed by atoms with E-state index in [1.807, 2.05) is 24.3 Å². The third-order valence-corrected chi connectivity index (χ3v) is 3.58. The van der Waals surface area contributed by atoms with Gasteiger partial charge in [0.05, 0.1) is 0 Å². The molecule has 2 amide bonds. The van der Waals surface area contributed by atoms with Crippen LogP contribution in [0.5, 0.6) is 0 Å². The minimum atomic E-state index is -0.856. The highest BCUT2D eigenvalue weighted by atomic mass is 16.4. The molecule has 0 saturated carbocycles. The summed E-state index contributed by atoms with van der Waals surface area (Å²) >= 11 is 0. The SMILES string of the molecule is Cc1cccc(-c2cccc(CNC(=O)NCCCC(=O)O)c2)c1. The Morgan fingerprint density at radius 1 is 1.00 bits per heavy atom. The first-order valence-corrected chi connectivity index (χ1v) is 7.94. The third-order valence-electron chi connectivity index (χ3n) is 3.58. The van der Waals surface area contributed by atoms with Crippen LogP contribution in [0.15, 0.2) is 48.5 Å². The van der Waals surface area contributed by atoms with Crippen LogP contribution in [0.2, 0.25) is 0 Å². The second-order valence-electron chi connectivity index (χ2n) is 5.68. The van der Waals surface area contributed by atoms with Crippen LogP contribution in [0, 0.1) is 6.92 Å². The quantitative estimate of drug-likeness (QED) is 0.683. The van der Waals surface area contributed by atoms with Crippen LogP contribution in [-0.4, -0.2) is 23.7 Å². The smallest absolute Gasteiger partial charge is 0.315 e. The van der Waals surface area contributed by atoms with Gasteiger partial charge in [0.2, 0.25) is 0 Å². The maximum atomic E-state index is 11.7. The van der Waals surface area contributed by atoms with E-state index >= 15 is 0 Å². The van der Waals surface area contributed by atoms with E-state index in [1.54, 1.807) is 0 Å². The molecule has 0 aliphatic carbocycles. The van der Waals surface area contributed by atoms with E-state index in [0.29, 0.717) is 19.5 Å². The zero-order valence-corrected chi connectivity index (χ0v) is 13.7. The molecule has 0 aromatic heterocycles. The number of aliphatic carboxylic acids is 1. The number of hydrogen-bond acceptors (Lipinski definition) is 2. The molecule has 5 heteroatoms. The Bertz CT molecular complexity index is 713. The van der Waals surface area contributed by atoms with Gasteiger partial charge in [-0.05, 0) is 36.1 Å². The molecule has 2 rings (SSSR count). The molecule has 0 spiro atoms. The van der Waals surface area contributed by atoms with E-state index in [4.69, 9.17) is 5.11 Å². The van der Waals surface area contributed by atoms with E-state index in [2.05, 4.69) is 41.8 Å². The minimum absolute atomic E-state index is 0.0544. The Balaban J connectivity index is 1.86. The molecular weight excluding hydrogens is 304 g/mol. The predicted octanol–water partition coefficient (Wildman–Crippen LogP) is 3.33. The largest absolute Gasteiger partial charge is 0.481 e. The van der Waals surface area contributed by atoms with Crippen molar-refractivity contribution in [2.45, 2.75) is 26.3 Å². The summed E-state index contributed by atoms with van der Waals surface area (Å²) in [4.78, 5) is 22.1. The van der Waals surface area contributed by atoms with Crippen molar-refractivity contribution in [1.29, 1.82) is 0 Å². The number of benzene rings is 2. The number of hydrogen-bond donors (Lipinski definition) is 3. The topological polar surface area (TPSA) is 78.4 Å². The van der Waals surface area contributed by atoms with Gasteiger partial charge < -0.3 is 15.7 Å². The van der Waals surface area contributed by atoms with Crippen molar-refractivity contribution in [2.75, 3.05) is 6.54 Å². The second kappa shape index (κ2) is 8.72. The number of carboxylic acid groups (broad SMARTS) is 1. The number of nitrogens with one attached hydrogen (secondary N) is 2. The molecule has 0 heterocycles. The molecule has 0 atom stereocenters. The molecule has 24 heavy (non-hydrogen) atoms. The Morgan fingerprint density at radius 2 is 1.71 bits per heavy atom. The lowest BCUT2D eigenvalue weighted by Gasteiger charge is -2.09. The molecule has 0 radical (unpaired) electrons. The molecular formula is C19H22N2O3. The summed E-state index contributed by atoms with van der Waals surface area (Å²) in [6.45, 7) is 2.83. The minimum Gasteiger partial charge on any atom is -0.481 e. The van der Waals surface area contributed by atoms with Gasteiger partial charge in [-0.25, -0.2) is 4.79 Å². The highest BCUT2D eigenvalue weighted by Crippen LogP contribution is 2.21. The average molecular weight is 326 g/mol. The summed E-state index contributed by atoms with van der Waals surface area (Å²) in [5, 5.41) is 14.0. The van der Waals surface area contributed by atoms with Gasteiger partial charge >= 0.3 is 12.0 Å². The van der Waals surface area contributed by atoms with Gasteiger partial charge in [-0.3, -0.25) is 4.79 Å². The molecule has 0 unspecified atom stereocenters. The molecule has 0 aliphatic heterocycles. The summed E-state index contributed by atoms with van der Waals surface area (Å²) in [6, 6.07) is 16.0. The van der Waals surface area contributed by atoms with Crippen molar-refractivity contribution in [3.8, 4) is 11.1 Å². The monoisotopic (exact) mass is 326 g/mol. The normalized spacial score (nSPS) is 10.2. The van der Waals surface area contributed by atoms with Gasteiger partial charge in [-0.2, -0.15) is 0 Å². The number of carbonyl (C=O) groups is 2. The second-order valence-corrected chi connectivity index (χ2v) is 5.68. The standard InChI is InChI=1S/C19H22N2O3/c1-14-5-2-7-16(11-14)17-8-3-6-15(12-17)13-21-19(24)20-10-4-9-18(22)23/h2-3,5-8,11-12H,4,9-10,13H2,1H3,(H,22,23)(H2,20,21,24). The third kappa shape index (κ3) is 5.76. The van der Waals surface area contributed by atoms with Crippen molar-refractivity contribution in [1.82, 2.24) is 10.6 Å². The lowest BCUT2D eigenvalue weighted by molar-refractivity contribution is -0.137. The number of amides is 2. The van der Waals surface area contributed by atoms with Gasteiger partial charge in [0.1, 0.15) is 0 Å². The zero-order chi connectivity index (χ0) is 17.4. The van der Waals surface area contributed by atoms with Crippen LogP contribution in [0.3, 0.4) is 0 Å². The van der Waals surface area contributed by atoms with Gasteiger partial charge in [0, 0.05) is 19.5 Å². The molecule has 0 bridgehead atoms. The fraction of sp³-hybridized carbons (Fsp3) is 0.263. The van der Waals surface area contributed by atoms with Gasteiger partial charge in [-0.15, -0.1) is 0 Å². The van der Waals surface area contributed by atoms with Crippen molar-refractivity contribution in [3.63, 3.8) is 0 Å². The summed E-state index contributed by atoms with van der Waals surface area (Å²) in [5.74, 6) is -0.856. The zero-order valence-electron chi connectivity index (χ0n) is 13.7. The van der Waals surface area contributed by atoms with Crippen molar-refractivity contribution < 1.29 is 14.7 Å². The summed E-state index contributed by atoms with van der Waals surface area (Å²) < 4.78 is 0. The highest BCUT2D eigenvalue weighted by molar-refractivity contribution is 5.74. The van der Waals surface area contributed by atoms with Crippen LogP contribution in [0.1, 0.15) is 24.0 Å². The van der Waals surface area contributed by atoms with Crippen LogP contribution < -0.4 is 10.6 Å². The number of carboxylic acids is 1. The van der Waals surface area contributed by atoms with E-state index < -0.39 is 5.97 Å². The molecule has 5 nitrogen and oxygen atoms in total. The molecule has 0 fully saturated rings. The van der Waals surface area contributed by atoms with Crippen molar-refractivity contribution in [2.24, 2.45) is 0 Å². The number of urea groups is 1. The number of rotatable bonds is 7. The fourth-order valence-electron chi connectivity index (χ4n) is 2.37. The molecule has 2 aromatic carbocycles. The molecule has 3 N–H and O–H groups in total. The summed E-state index contributed by atoms with van der Waals surface area (Å²) in [6.07, 6.45) is 0.477. The molecule has 0 saturated heterocycles. The van der Waals surface area contributed by atoms with E-state index in [1.165, 1.54) is 5.56 Å². The van der Waals surface area contributed by atoms with Crippen LogP contribution in [0.25, 0.3) is 11.1 Å². The average Bonchev–Trinajstić information content (AvgIpc) is 2.57. The van der Waals surface area contributed by atoms with Gasteiger partial charge in [0.25, 0.3) is 0 Å². The molecule has 2 aromatic rings. The van der Waals surface area contributed by atoms with Gasteiger partial charge in [-0.1, -0.05) is 48.0 Å².